The van der Waals surface area contributed by atoms with Gasteiger partial charge in [0, 0.05) is 16.6 Å². The van der Waals surface area contributed by atoms with Crippen molar-refractivity contribution in [3.63, 3.8) is 0 Å². The summed E-state index contributed by atoms with van der Waals surface area (Å²) in [6.07, 6.45) is -1.43. The molecule has 4 aromatic carbocycles. The van der Waals surface area contributed by atoms with Crippen LogP contribution >= 0.6 is 0 Å². The van der Waals surface area contributed by atoms with Crippen LogP contribution in [0.15, 0.2) is 83.0 Å². The lowest BCUT2D eigenvalue weighted by atomic mass is 10.0. The van der Waals surface area contributed by atoms with Gasteiger partial charge in [0.2, 0.25) is 5.88 Å². The summed E-state index contributed by atoms with van der Waals surface area (Å²) in [5, 5.41) is 40.9. The number of carbonyl (C=O) groups is 1. The highest BCUT2D eigenvalue weighted by molar-refractivity contribution is 5.99. The minimum Gasteiger partial charge on any atom is -0.505 e. The number of azo groups is 1. The van der Waals surface area contributed by atoms with Gasteiger partial charge in [0.1, 0.15) is 11.4 Å². The molecule has 0 atom stereocenters. The maximum absolute atomic E-state index is 11.4. The smallest absolute Gasteiger partial charge is 0.505 e. The Balaban J connectivity index is 1.63. The highest BCUT2D eigenvalue weighted by Gasteiger charge is 2.21. The Labute approximate surface area is 225 Å². The molecule has 0 aliphatic rings. The zero-order valence-electron chi connectivity index (χ0n) is 21.9. The second-order valence-corrected chi connectivity index (χ2v) is 9.45. The number of fused-ring (bicyclic) bond motifs is 1. The Morgan fingerprint density at radius 3 is 2.31 bits per heavy atom. The molecule has 0 saturated carbocycles. The molecular formula is C31H27N3O5. The van der Waals surface area contributed by atoms with Gasteiger partial charge in [-0.3, -0.25) is 4.57 Å². The predicted molar refractivity (Wildman–Crippen MR) is 150 cm³/mol. The molecule has 0 aliphatic heterocycles. The van der Waals surface area contributed by atoms with Gasteiger partial charge in [-0.15, -0.1) is 10.2 Å². The van der Waals surface area contributed by atoms with E-state index in [0.717, 1.165) is 38.8 Å². The lowest BCUT2D eigenvalue weighted by Gasteiger charge is -2.10. The number of aromatic nitrogens is 1. The highest BCUT2D eigenvalue weighted by atomic mass is 16.7. The Hall–Kier alpha value is -5.11. The first-order valence-electron chi connectivity index (χ1n) is 12.3. The summed E-state index contributed by atoms with van der Waals surface area (Å²) < 4.78 is 6.50. The molecule has 5 aromatic rings. The minimum absolute atomic E-state index is 0.0557. The second kappa shape index (κ2) is 9.98. The van der Waals surface area contributed by atoms with Gasteiger partial charge in [0.15, 0.2) is 11.4 Å². The number of phenolic OH excluding ortho intramolecular Hbond substituents is 1. The lowest BCUT2D eigenvalue weighted by Crippen LogP contribution is -2.02. The van der Waals surface area contributed by atoms with Crippen molar-refractivity contribution in [2.24, 2.45) is 10.2 Å². The molecule has 0 aliphatic carbocycles. The molecule has 1 heterocycles. The van der Waals surface area contributed by atoms with Crippen LogP contribution in [0.2, 0.25) is 0 Å². The van der Waals surface area contributed by atoms with E-state index < -0.39 is 6.16 Å². The fourth-order valence-electron chi connectivity index (χ4n) is 4.62. The number of carboxylic acid groups (broad SMARTS) is 1. The van der Waals surface area contributed by atoms with E-state index >= 15 is 0 Å². The van der Waals surface area contributed by atoms with Crippen molar-refractivity contribution in [2.45, 2.75) is 27.7 Å². The predicted octanol–water partition coefficient (Wildman–Crippen LogP) is 8.41. The number of para-hydroxylation sites is 1. The number of rotatable bonds is 5. The monoisotopic (exact) mass is 521 g/mol. The third kappa shape index (κ3) is 4.68. The molecule has 0 amide bonds. The van der Waals surface area contributed by atoms with Gasteiger partial charge in [-0.2, -0.15) is 0 Å². The quantitative estimate of drug-likeness (QED) is 0.122. The van der Waals surface area contributed by atoms with Crippen molar-refractivity contribution < 1.29 is 24.9 Å². The van der Waals surface area contributed by atoms with Crippen LogP contribution in [0.3, 0.4) is 0 Å². The average molecular weight is 522 g/mol. The van der Waals surface area contributed by atoms with Gasteiger partial charge in [-0.25, -0.2) is 4.79 Å². The zero-order valence-corrected chi connectivity index (χ0v) is 21.9. The van der Waals surface area contributed by atoms with Crippen LogP contribution in [0, 0.1) is 27.7 Å². The summed E-state index contributed by atoms with van der Waals surface area (Å²) in [5.74, 6) is -0.0692. The Morgan fingerprint density at radius 2 is 1.56 bits per heavy atom. The number of hydrogen-bond donors (Lipinski definition) is 3. The van der Waals surface area contributed by atoms with Crippen molar-refractivity contribution in [3.8, 4) is 34.2 Å². The molecule has 0 radical (unpaired) electrons. The number of phenols is 1. The van der Waals surface area contributed by atoms with Gasteiger partial charge in [-0.05, 0) is 91.9 Å². The summed E-state index contributed by atoms with van der Waals surface area (Å²) in [6, 6.07) is 21.3. The highest BCUT2D eigenvalue weighted by Crippen LogP contribution is 2.45. The molecule has 0 spiro atoms. The van der Waals surface area contributed by atoms with E-state index in [4.69, 9.17) is 9.84 Å². The van der Waals surface area contributed by atoms with Crippen molar-refractivity contribution in [3.05, 3.63) is 95.1 Å². The van der Waals surface area contributed by atoms with E-state index in [2.05, 4.69) is 10.2 Å². The fraction of sp³-hybridized carbons (Fsp3) is 0.129. The van der Waals surface area contributed by atoms with Crippen LogP contribution in [0.5, 0.6) is 17.4 Å². The van der Waals surface area contributed by atoms with E-state index in [1.54, 1.807) is 34.9 Å². The van der Waals surface area contributed by atoms with Crippen LogP contribution in [-0.2, 0) is 0 Å². The second-order valence-electron chi connectivity index (χ2n) is 9.45. The number of nitrogens with zero attached hydrogens (tertiary/aromatic N) is 3. The number of aryl methyl sites for hydroxylation is 4. The molecule has 5 rings (SSSR count). The molecule has 0 bridgehead atoms. The maximum Gasteiger partial charge on any atom is 0.511 e. The van der Waals surface area contributed by atoms with Crippen molar-refractivity contribution >= 4 is 28.4 Å². The standard InChI is InChI=1S/C31H27N3O5/c1-17-11-13-22(15-19(17)3)34-26-14-12-18(2)20(4)27(26)28(30(34)36)33-32-25-10-6-9-24(29(25)35)21-7-5-8-23(16-21)39-31(37)38/h5-16,35-36H,1-4H3,(H,37,38). The molecule has 196 valence electrons. The Morgan fingerprint density at radius 1 is 0.821 bits per heavy atom. The molecule has 3 N–H and O–H groups in total. The van der Waals surface area contributed by atoms with Crippen LogP contribution in [0.1, 0.15) is 22.3 Å². The van der Waals surface area contributed by atoms with Gasteiger partial charge in [0.05, 0.1) is 5.52 Å². The zero-order chi connectivity index (χ0) is 27.8. The van der Waals surface area contributed by atoms with Crippen LogP contribution < -0.4 is 4.74 Å². The van der Waals surface area contributed by atoms with Crippen LogP contribution in [0.25, 0.3) is 27.7 Å². The van der Waals surface area contributed by atoms with Crippen LogP contribution in [0.4, 0.5) is 16.2 Å². The molecule has 1 aromatic heterocycles. The number of benzene rings is 4. The molecular weight excluding hydrogens is 494 g/mol. The maximum atomic E-state index is 11.4. The average Bonchev–Trinajstić information content (AvgIpc) is 3.18. The minimum atomic E-state index is -1.43. The number of hydrogen-bond acceptors (Lipinski definition) is 6. The van der Waals surface area contributed by atoms with Gasteiger partial charge < -0.3 is 20.1 Å². The van der Waals surface area contributed by atoms with E-state index in [-0.39, 0.29) is 23.1 Å². The summed E-state index contributed by atoms with van der Waals surface area (Å²) in [4.78, 5) is 10.9. The normalized spacial score (nSPS) is 11.4. The van der Waals surface area contributed by atoms with Gasteiger partial charge in [-0.1, -0.05) is 36.4 Å². The summed E-state index contributed by atoms with van der Waals surface area (Å²) in [5.41, 5.74) is 7.31. The molecule has 39 heavy (non-hydrogen) atoms. The summed E-state index contributed by atoms with van der Waals surface area (Å²) in [7, 11) is 0. The first-order chi connectivity index (χ1) is 18.7. The van der Waals surface area contributed by atoms with Crippen molar-refractivity contribution in [2.75, 3.05) is 0 Å². The van der Waals surface area contributed by atoms with E-state index in [1.165, 1.54) is 12.1 Å². The lowest BCUT2D eigenvalue weighted by molar-refractivity contribution is 0.144. The molecule has 8 heteroatoms. The van der Waals surface area contributed by atoms with Crippen molar-refractivity contribution in [1.29, 1.82) is 0 Å². The molecule has 8 nitrogen and oxygen atoms in total. The molecule has 0 unspecified atom stereocenters. The fourth-order valence-corrected chi connectivity index (χ4v) is 4.62. The van der Waals surface area contributed by atoms with Crippen molar-refractivity contribution in [1.82, 2.24) is 4.57 Å². The summed E-state index contributed by atoms with van der Waals surface area (Å²) >= 11 is 0. The number of ether oxygens (including phenoxy) is 1. The summed E-state index contributed by atoms with van der Waals surface area (Å²) in [6.45, 7) is 8.04. The van der Waals surface area contributed by atoms with E-state index in [0.29, 0.717) is 16.8 Å². The van der Waals surface area contributed by atoms with Gasteiger partial charge >= 0.3 is 6.16 Å². The Kier molecular flexibility index (Phi) is 6.54. The van der Waals surface area contributed by atoms with Gasteiger partial charge in [0.25, 0.3) is 0 Å². The number of aromatic hydroxyl groups is 2. The largest absolute Gasteiger partial charge is 0.511 e. The third-order valence-electron chi connectivity index (χ3n) is 6.99. The van der Waals surface area contributed by atoms with Crippen LogP contribution in [-0.4, -0.2) is 26.0 Å². The first-order valence-corrected chi connectivity index (χ1v) is 12.3. The topological polar surface area (TPSA) is 117 Å². The van der Waals surface area contributed by atoms with E-state index in [1.807, 2.05) is 58.0 Å². The van der Waals surface area contributed by atoms with E-state index in [9.17, 15) is 15.0 Å². The first kappa shape index (κ1) is 25.5. The molecule has 0 saturated heterocycles. The SMILES string of the molecule is Cc1ccc(-n2c(O)c(N=Nc3cccc(-c4cccc(OC(=O)O)c4)c3O)c3c(C)c(C)ccc32)cc1C. The Bertz CT molecular complexity index is 1790. The third-order valence-corrected chi connectivity index (χ3v) is 6.99. The molecule has 0 fully saturated rings.